The number of hydrogen-bond acceptors (Lipinski definition) is 4. The third kappa shape index (κ3) is 6.42. The molecule has 0 fully saturated rings. The molecule has 7 heteroatoms. The van der Waals surface area contributed by atoms with E-state index in [-0.39, 0.29) is 30.7 Å². The predicted molar refractivity (Wildman–Crippen MR) is 107 cm³/mol. The van der Waals surface area contributed by atoms with Gasteiger partial charge in [0, 0.05) is 19.7 Å². The summed E-state index contributed by atoms with van der Waals surface area (Å²) < 4.78 is 5.08. The highest BCUT2D eigenvalue weighted by molar-refractivity contribution is 5.94. The summed E-state index contributed by atoms with van der Waals surface area (Å²) in [4.78, 5) is 37.6. The molecule has 0 bridgehead atoms. The molecule has 0 aliphatic heterocycles. The van der Waals surface area contributed by atoms with Crippen LogP contribution in [0.15, 0.2) is 54.6 Å². The molecule has 28 heavy (non-hydrogen) atoms. The molecule has 0 spiro atoms. The van der Waals surface area contributed by atoms with E-state index in [9.17, 15) is 14.4 Å². The van der Waals surface area contributed by atoms with Crippen molar-refractivity contribution in [3.8, 4) is 5.75 Å². The Morgan fingerprint density at radius 3 is 2.25 bits per heavy atom. The minimum absolute atomic E-state index is 0.0654. The molecule has 0 aromatic heterocycles. The molecule has 1 unspecified atom stereocenters. The molecule has 2 aromatic carbocycles. The summed E-state index contributed by atoms with van der Waals surface area (Å²) in [5.74, 6) is -0.0823. The highest BCUT2D eigenvalue weighted by Crippen LogP contribution is 2.18. The van der Waals surface area contributed by atoms with Gasteiger partial charge in [-0.15, -0.1) is 0 Å². The van der Waals surface area contributed by atoms with Gasteiger partial charge in [0.15, 0.2) is 0 Å². The second-order valence-corrected chi connectivity index (χ2v) is 6.39. The van der Waals surface area contributed by atoms with Gasteiger partial charge in [-0.1, -0.05) is 30.3 Å². The number of likely N-dealkylation sites (N-methyl/N-ethyl adjacent to an activating group) is 1. The van der Waals surface area contributed by atoms with Crippen molar-refractivity contribution in [2.75, 3.05) is 26.0 Å². The largest absolute Gasteiger partial charge is 0.497 e. The minimum atomic E-state index is -0.446. The molecule has 3 amide bonds. The van der Waals surface area contributed by atoms with Crippen LogP contribution >= 0.6 is 0 Å². The lowest BCUT2D eigenvalue weighted by Gasteiger charge is -2.22. The Morgan fingerprint density at radius 2 is 1.68 bits per heavy atom. The standard InChI is InChI=1S/C21H25N3O4/c1-15(25)22-19(16-7-5-4-6-8-16)13-21(27)24(2)14-20(26)23-17-9-11-18(28-3)12-10-17/h4-12,19H,13-14H2,1-3H3,(H,22,25)(H,23,26). The molecule has 2 N–H and O–H groups in total. The van der Waals surface area contributed by atoms with Gasteiger partial charge in [0.05, 0.1) is 26.1 Å². The fourth-order valence-electron chi connectivity index (χ4n) is 2.69. The molecular weight excluding hydrogens is 358 g/mol. The zero-order valence-corrected chi connectivity index (χ0v) is 16.3. The highest BCUT2D eigenvalue weighted by Gasteiger charge is 2.20. The maximum absolute atomic E-state index is 12.6. The first kappa shape index (κ1) is 21.0. The normalized spacial score (nSPS) is 11.2. The third-order valence-electron chi connectivity index (χ3n) is 4.14. The van der Waals surface area contributed by atoms with Crippen LogP contribution in [0.25, 0.3) is 0 Å². The predicted octanol–water partition coefficient (Wildman–Crippen LogP) is 2.36. The van der Waals surface area contributed by atoms with Gasteiger partial charge in [0.1, 0.15) is 5.75 Å². The van der Waals surface area contributed by atoms with Crippen LogP contribution in [-0.2, 0) is 14.4 Å². The average Bonchev–Trinajstić information content (AvgIpc) is 2.68. The minimum Gasteiger partial charge on any atom is -0.497 e. The van der Waals surface area contributed by atoms with Crippen LogP contribution in [0, 0.1) is 0 Å². The number of nitrogens with one attached hydrogen (secondary N) is 2. The van der Waals surface area contributed by atoms with Crippen molar-refractivity contribution in [3.05, 3.63) is 60.2 Å². The molecule has 2 aromatic rings. The molecule has 0 saturated carbocycles. The summed E-state index contributed by atoms with van der Waals surface area (Å²) in [5.41, 5.74) is 1.45. The Kier molecular flexibility index (Phi) is 7.56. The topological polar surface area (TPSA) is 87.7 Å². The van der Waals surface area contributed by atoms with Gasteiger partial charge in [0.25, 0.3) is 0 Å². The second kappa shape index (κ2) is 10.1. The van der Waals surface area contributed by atoms with Crippen LogP contribution in [0.5, 0.6) is 5.75 Å². The Hall–Kier alpha value is -3.35. The number of carbonyl (C=O) groups is 3. The van der Waals surface area contributed by atoms with E-state index in [1.165, 1.54) is 11.8 Å². The van der Waals surface area contributed by atoms with Crippen LogP contribution in [0.3, 0.4) is 0 Å². The van der Waals surface area contributed by atoms with Gasteiger partial charge in [-0.3, -0.25) is 14.4 Å². The average molecular weight is 383 g/mol. The first-order chi connectivity index (χ1) is 13.4. The van der Waals surface area contributed by atoms with Crippen molar-refractivity contribution >= 4 is 23.4 Å². The van der Waals surface area contributed by atoms with Crippen molar-refractivity contribution in [3.63, 3.8) is 0 Å². The Morgan fingerprint density at radius 1 is 1.04 bits per heavy atom. The molecule has 0 radical (unpaired) electrons. The highest BCUT2D eigenvalue weighted by atomic mass is 16.5. The Balaban J connectivity index is 1.93. The Bertz CT molecular complexity index is 806. The van der Waals surface area contributed by atoms with E-state index in [1.54, 1.807) is 38.4 Å². The lowest BCUT2D eigenvalue weighted by atomic mass is 10.0. The molecule has 0 heterocycles. The van der Waals surface area contributed by atoms with Crippen LogP contribution in [-0.4, -0.2) is 43.3 Å². The summed E-state index contributed by atoms with van der Waals surface area (Å²) in [6.07, 6.45) is 0.0654. The fourth-order valence-corrected chi connectivity index (χ4v) is 2.69. The van der Waals surface area contributed by atoms with E-state index < -0.39 is 6.04 Å². The molecule has 0 aliphatic rings. The van der Waals surface area contributed by atoms with E-state index in [0.717, 1.165) is 5.56 Å². The zero-order chi connectivity index (χ0) is 20.5. The van der Waals surface area contributed by atoms with Crippen molar-refractivity contribution < 1.29 is 19.1 Å². The van der Waals surface area contributed by atoms with Crippen molar-refractivity contribution in [2.24, 2.45) is 0 Å². The molecular formula is C21H25N3O4. The zero-order valence-electron chi connectivity index (χ0n) is 16.3. The lowest BCUT2D eigenvalue weighted by Crippen LogP contribution is -2.37. The number of benzene rings is 2. The maximum atomic E-state index is 12.6. The first-order valence-electron chi connectivity index (χ1n) is 8.89. The Labute approximate surface area is 164 Å². The summed E-state index contributed by atoms with van der Waals surface area (Å²) in [7, 11) is 3.13. The smallest absolute Gasteiger partial charge is 0.243 e. The van der Waals surface area contributed by atoms with Gasteiger partial charge >= 0.3 is 0 Å². The summed E-state index contributed by atoms with van der Waals surface area (Å²) in [6.45, 7) is 1.32. The summed E-state index contributed by atoms with van der Waals surface area (Å²) in [6, 6.07) is 15.7. The molecule has 1 atom stereocenters. The number of ether oxygens (including phenoxy) is 1. The number of methoxy groups -OCH3 is 1. The van der Waals surface area contributed by atoms with Crippen molar-refractivity contribution in [2.45, 2.75) is 19.4 Å². The number of amides is 3. The molecule has 0 aliphatic carbocycles. The van der Waals surface area contributed by atoms with Gasteiger partial charge < -0.3 is 20.3 Å². The third-order valence-corrected chi connectivity index (χ3v) is 4.14. The molecule has 0 saturated heterocycles. The lowest BCUT2D eigenvalue weighted by molar-refractivity contribution is -0.134. The summed E-state index contributed by atoms with van der Waals surface area (Å²) in [5, 5.41) is 5.53. The van der Waals surface area contributed by atoms with Crippen LogP contribution in [0.2, 0.25) is 0 Å². The monoisotopic (exact) mass is 383 g/mol. The number of nitrogens with zero attached hydrogens (tertiary/aromatic N) is 1. The van der Waals surface area contributed by atoms with Gasteiger partial charge in [0.2, 0.25) is 17.7 Å². The van der Waals surface area contributed by atoms with E-state index in [1.807, 2.05) is 30.3 Å². The quantitative estimate of drug-likeness (QED) is 0.733. The van der Waals surface area contributed by atoms with E-state index in [2.05, 4.69) is 10.6 Å². The van der Waals surface area contributed by atoms with Crippen molar-refractivity contribution in [1.29, 1.82) is 0 Å². The van der Waals surface area contributed by atoms with E-state index in [4.69, 9.17) is 4.74 Å². The molecule has 7 nitrogen and oxygen atoms in total. The number of carbonyl (C=O) groups excluding carboxylic acids is 3. The van der Waals surface area contributed by atoms with E-state index >= 15 is 0 Å². The van der Waals surface area contributed by atoms with Crippen LogP contribution in [0.1, 0.15) is 24.9 Å². The second-order valence-electron chi connectivity index (χ2n) is 6.39. The number of rotatable bonds is 8. The SMILES string of the molecule is COc1ccc(NC(=O)CN(C)C(=O)CC(NC(C)=O)c2ccccc2)cc1. The van der Waals surface area contributed by atoms with Crippen molar-refractivity contribution in [1.82, 2.24) is 10.2 Å². The van der Waals surface area contributed by atoms with Gasteiger partial charge in [-0.2, -0.15) is 0 Å². The van der Waals surface area contributed by atoms with Gasteiger partial charge in [-0.05, 0) is 29.8 Å². The first-order valence-corrected chi connectivity index (χ1v) is 8.89. The maximum Gasteiger partial charge on any atom is 0.243 e. The number of anilines is 1. The van der Waals surface area contributed by atoms with Crippen LogP contribution < -0.4 is 15.4 Å². The van der Waals surface area contributed by atoms with Crippen LogP contribution in [0.4, 0.5) is 5.69 Å². The van der Waals surface area contributed by atoms with Gasteiger partial charge in [-0.25, -0.2) is 0 Å². The number of hydrogen-bond donors (Lipinski definition) is 2. The molecule has 2 rings (SSSR count). The molecule has 148 valence electrons. The fraction of sp³-hybridized carbons (Fsp3) is 0.286. The summed E-state index contributed by atoms with van der Waals surface area (Å²) >= 11 is 0. The van der Waals surface area contributed by atoms with E-state index in [0.29, 0.717) is 11.4 Å².